The summed E-state index contributed by atoms with van der Waals surface area (Å²) in [4.78, 5) is 0. The normalized spacial score (nSPS) is 30.7. The second kappa shape index (κ2) is 5.39. The van der Waals surface area contributed by atoms with Crippen molar-refractivity contribution in [2.24, 2.45) is 5.41 Å². The van der Waals surface area contributed by atoms with Crippen molar-refractivity contribution >= 4 is 0 Å². The van der Waals surface area contributed by atoms with E-state index < -0.39 is 29.3 Å². The molecule has 3 aliphatic heterocycles. The fourth-order valence-corrected chi connectivity index (χ4v) is 3.01. The van der Waals surface area contributed by atoms with Crippen LogP contribution < -0.4 is 0 Å². The molecule has 3 fully saturated rings. The molecule has 1 aromatic rings. The molecule has 128 valence electrons. The zero-order chi connectivity index (χ0) is 16.9. The second-order valence-electron chi connectivity index (χ2n) is 5.98. The van der Waals surface area contributed by atoms with Crippen LogP contribution in [0.5, 0.6) is 0 Å². The lowest BCUT2D eigenvalue weighted by Gasteiger charge is -2.51. The molecule has 2 bridgehead atoms. The van der Waals surface area contributed by atoms with E-state index in [4.69, 9.17) is 14.2 Å². The number of fused-ring (bicyclic) bond motifs is 3. The third kappa shape index (κ3) is 2.72. The van der Waals surface area contributed by atoms with Gasteiger partial charge in [-0.2, -0.15) is 13.2 Å². The summed E-state index contributed by atoms with van der Waals surface area (Å²) in [5, 5.41) is 0. The van der Waals surface area contributed by atoms with Gasteiger partial charge in [-0.05, 0) is 18.6 Å². The highest BCUT2D eigenvalue weighted by Crippen LogP contribution is 2.47. The SMILES string of the molecule is CCCC12COC(c3cc(F)c(C(F)(F)F)c(F)c3)(OC1)OC2. The summed E-state index contributed by atoms with van der Waals surface area (Å²) in [6, 6.07) is 1.09. The van der Waals surface area contributed by atoms with Crippen LogP contribution >= 0.6 is 0 Å². The molecule has 3 heterocycles. The van der Waals surface area contributed by atoms with E-state index in [9.17, 15) is 22.0 Å². The van der Waals surface area contributed by atoms with E-state index in [1.54, 1.807) is 0 Å². The first-order valence-corrected chi connectivity index (χ1v) is 7.20. The first-order valence-electron chi connectivity index (χ1n) is 7.20. The Morgan fingerprint density at radius 1 is 1.00 bits per heavy atom. The third-order valence-electron chi connectivity index (χ3n) is 4.16. The van der Waals surface area contributed by atoms with Gasteiger partial charge in [0.15, 0.2) is 0 Å². The molecule has 8 heteroatoms. The number of hydrogen-bond donors (Lipinski definition) is 0. The van der Waals surface area contributed by atoms with E-state index >= 15 is 0 Å². The van der Waals surface area contributed by atoms with Crippen LogP contribution in [0.25, 0.3) is 0 Å². The fraction of sp³-hybridized carbons (Fsp3) is 0.600. The van der Waals surface area contributed by atoms with E-state index in [2.05, 4.69) is 0 Å². The highest BCUT2D eigenvalue weighted by molar-refractivity contribution is 5.30. The maximum atomic E-state index is 13.8. The maximum absolute atomic E-state index is 13.8. The molecule has 23 heavy (non-hydrogen) atoms. The number of ether oxygens (including phenoxy) is 3. The number of benzene rings is 1. The Labute approximate surface area is 129 Å². The molecule has 3 saturated heterocycles. The van der Waals surface area contributed by atoms with Crippen molar-refractivity contribution in [3.63, 3.8) is 0 Å². The molecule has 1 aromatic carbocycles. The molecule has 0 radical (unpaired) electrons. The van der Waals surface area contributed by atoms with Gasteiger partial charge in [0.1, 0.15) is 17.2 Å². The van der Waals surface area contributed by atoms with Gasteiger partial charge in [-0.25, -0.2) is 8.78 Å². The van der Waals surface area contributed by atoms with Gasteiger partial charge in [-0.3, -0.25) is 0 Å². The van der Waals surface area contributed by atoms with Crippen molar-refractivity contribution in [1.82, 2.24) is 0 Å². The molecule has 3 aliphatic rings. The van der Waals surface area contributed by atoms with Gasteiger partial charge >= 0.3 is 12.1 Å². The van der Waals surface area contributed by atoms with Crippen LogP contribution in [0, 0.1) is 17.0 Å². The lowest BCUT2D eigenvalue weighted by atomic mass is 9.83. The molecular weight excluding hydrogens is 323 g/mol. The largest absolute Gasteiger partial charge is 0.422 e. The highest BCUT2D eigenvalue weighted by atomic mass is 19.4. The van der Waals surface area contributed by atoms with E-state index in [1.807, 2.05) is 6.92 Å². The Morgan fingerprint density at radius 3 is 1.87 bits per heavy atom. The Hall–Kier alpha value is -1.25. The fourth-order valence-electron chi connectivity index (χ4n) is 3.01. The van der Waals surface area contributed by atoms with Crippen molar-refractivity contribution < 1.29 is 36.2 Å². The molecule has 0 aliphatic carbocycles. The second-order valence-corrected chi connectivity index (χ2v) is 5.98. The quantitative estimate of drug-likeness (QED) is 0.781. The molecule has 0 spiro atoms. The topological polar surface area (TPSA) is 27.7 Å². The van der Waals surface area contributed by atoms with E-state index in [0.717, 1.165) is 12.8 Å². The van der Waals surface area contributed by atoms with E-state index in [-0.39, 0.29) is 30.8 Å². The van der Waals surface area contributed by atoms with Crippen LogP contribution in [0.2, 0.25) is 0 Å². The van der Waals surface area contributed by atoms with Gasteiger partial charge in [-0.15, -0.1) is 0 Å². The lowest BCUT2D eigenvalue weighted by molar-refractivity contribution is -0.480. The summed E-state index contributed by atoms with van der Waals surface area (Å²) < 4.78 is 81.8. The predicted molar refractivity (Wildman–Crippen MR) is 68.2 cm³/mol. The lowest BCUT2D eigenvalue weighted by Crippen LogP contribution is -2.58. The van der Waals surface area contributed by atoms with Gasteiger partial charge < -0.3 is 14.2 Å². The molecule has 0 amide bonds. The highest BCUT2D eigenvalue weighted by Gasteiger charge is 2.54. The summed E-state index contributed by atoms with van der Waals surface area (Å²) in [6.07, 6.45) is -3.45. The van der Waals surface area contributed by atoms with Crippen LogP contribution in [0.1, 0.15) is 30.9 Å². The maximum Gasteiger partial charge on any atom is 0.422 e. The summed E-state index contributed by atoms with van der Waals surface area (Å²) in [5.41, 5.74) is -2.52. The zero-order valence-electron chi connectivity index (χ0n) is 12.3. The molecule has 3 nitrogen and oxygen atoms in total. The molecule has 0 N–H and O–H groups in total. The van der Waals surface area contributed by atoms with Crippen molar-refractivity contribution in [3.05, 3.63) is 34.9 Å². The van der Waals surface area contributed by atoms with Gasteiger partial charge in [-0.1, -0.05) is 13.3 Å². The number of hydrogen-bond acceptors (Lipinski definition) is 3. The first kappa shape index (κ1) is 16.6. The van der Waals surface area contributed by atoms with Crippen LogP contribution in [0.15, 0.2) is 12.1 Å². The molecule has 0 unspecified atom stereocenters. The minimum absolute atomic E-state index is 0.255. The number of halogens is 5. The Balaban J connectivity index is 1.92. The van der Waals surface area contributed by atoms with Crippen molar-refractivity contribution in [1.29, 1.82) is 0 Å². The van der Waals surface area contributed by atoms with Crippen molar-refractivity contribution in [2.75, 3.05) is 19.8 Å². The first-order chi connectivity index (χ1) is 10.7. The molecule has 0 aromatic heterocycles. The summed E-state index contributed by atoms with van der Waals surface area (Å²) in [7, 11) is 0. The van der Waals surface area contributed by atoms with Crippen LogP contribution in [-0.4, -0.2) is 19.8 Å². The number of alkyl halides is 3. The Morgan fingerprint density at radius 2 is 1.48 bits per heavy atom. The van der Waals surface area contributed by atoms with E-state index in [0.29, 0.717) is 12.1 Å². The van der Waals surface area contributed by atoms with E-state index in [1.165, 1.54) is 0 Å². The average molecular weight is 338 g/mol. The standard InChI is InChI=1S/C15H15F5O3/c1-2-3-13-6-21-15(22-7-13,23-8-13)9-4-10(16)12(11(17)5-9)14(18,19)20/h4-5H,2-3,6-8H2,1H3. The Bertz CT molecular complexity index is 566. The van der Waals surface area contributed by atoms with Gasteiger partial charge in [0, 0.05) is 11.0 Å². The zero-order valence-corrected chi connectivity index (χ0v) is 12.3. The van der Waals surface area contributed by atoms with Crippen molar-refractivity contribution in [2.45, 2.75) is 31.9 Å². The summed E-state index contributed by atoms with van der Waals surface area (Å²) in [5.74, 6) is -5.30. The minimum Gasteiger partial charge on any atom is -0.323 e. The van der Waals surface area contributed by atoms with Crippen LogP contribution in [-0.2, 0) is 26.4 Å². The van der Waals surface area contributed by atoms with Gasteiger partial charge in [0.25, 0.3) is 0 Å². The van der Waals surface area contributed by atoms with Crippen molar-refractivity contribution in [3.8, 4) is 0 Å². The molecule has 0 atom stereocenters. The average Bonchev–Trinajstić information content (AvgIpc) is 2.47. The monoisotopic (exact) mass is 338 g/mol. The van der Waals surface area contributed by atoms with Gasteiger partial charge in [0.05, 0.1) is 19.8 Å². The summed E-state index contributed by atoms with van der Waals surface area (Å²) in [6.45, 7) is 2.76. The predicted octanol–water partition coefficient (Wildman–Crippen LogP) is 3.96. The van der Waals surface area contributed by atoms with Crippen LogP contribution in [0.3, 0.4) is 0 Å². The Kier molecular flexibility index (Phi) is 3.89. The molecular formula is C15H15F5O3. The molecule has 0 saturated carbocycles. The summed E-state index contributed by atoms with van der Waals surface area (Å²) >= 11 is 0. The number of rotatable bonds is 3. The third-order valence-corrected chi connectivity index (χ3v) is 4.16. The molecule has 4 rings (SSSR count). The van der Waals surface area contributed by atoms with Gasteiger partial charge in [0.2, 0.25) is 0 Å². The smallest absolute Gasteiger partial charge is 0.323 e. The minimum atomic E-state index is -5.12. The van der Waals surface area contributed by atoms with Crippen LogP contribution in [0.4, 0.5) is 22.0 Å².